The van der Waals surface area contributed by atoms with Crippen LogP contribution in [0.3, 0.4) is 0 Å². The van der Waals surface area contributed by atoms with Crippen LogP contribution in [0.4, 0.5) is 0 Å². The van der Waals surface area contributed by atoms with Crippen LogP contribution < -0.4 is 0 Å². The van der Waals surface area contributed by atoms with Crippen molar-refractivity contribution < 1.29 is 19.2 Å². The van der Waals surface area contributed by atoms with Crippen molar-refractivity contribution in [2.75, 3.05) is 0 Å². The van der Waals surface area contributed by atoms with Crippen molar-refractivity contribution in [1.29, 1.82) is 5.41 Å². The molecule has 1 N–H and O–H groups in total. The van der Waals surface area contributed by atoms with Crippen molar-refractivity contribution in [2.45, 2.75) is 25.7 Å². The molecular weight excluding hydrogens is 188 g/mol. The second-order valence-electron chi connectivity index (χ2n) is 2.79. The highest BCUT2D eigenvalue weighted by atomic mass is 16.7. The minimum atomic E-state index is -0.669. The molecule has 1 aliphatic heterocycles. The molecule has 14 heavy (non-hydrogen) atoms. The molecule has 1 aliphatic rings. The molecule has 0 unspecified atom stereocenters. The van der Waals surface area contributed by atoms with Gasteiger partial charge < -0.3 is 10.2 Å². The summed E-state index contributed by atoms with van der Waals surface area (Å²) in [7, 11) is 0. The Morgan fingerprint density at radius 1 is 1.43 bits per heavy atom. The quantitative estimate of drug-likeness (QED) is 0.509. The van der Waals surface area contributed by atoms with Crippen LogP contribution >= 0.6 is 0 Å². The summed E-state index contributed by atoms with van der Waals surface area (Å²) in [6.45, 7) is 0. The van der Waals surface area contributed by atoms with Gasteiger partial charge in [-0.1, -0.05) is 0 Å². The van der Waals surface area contributed by atoms with E-state index in [1.54, 1.807) is 0 Å². The van der Waals surface area contributed by atoms with Gasteiger partial charge in [0.25, 0.3) is 11.8 Å². The van der Waals surface area contributed by atoms with Crippen molar-refractivity contribution >= 4 is 24.0 Å². The van der Waals surface area contributed by atoms with Crippen LogP contribution in [-0.2, 0) is 19.2 Å². The maximum Gasteiger partial charge on any atom is 0.333 e. The van der Waals surface area contributed by atoms with Crippen molar-refractivity contribution in [2.24, 2.45) is 0 Å². The zero-order valence-corrected chi connectivity index (χ0v) is 7.49. The molecular formula is C8H10N2O4. The van der Waals surface area contributed by atoms with E-state index in [0.29, 0.717) is 5.06 Å². The minimum Gasteiger partial charge on any atom is -0.330 e. The molecule has 6 nitrogen and oxygen atoms in total. The number of nitrogens with one attached hydrogen (secondary N) is 1. The molecule has 1 rings (SSSR count). The van der Waals surface area contributed by atoms with Crippen LogP contribution in [0.25, 0.3) is 0 Å². The number of hydroxylamine groups is 2. The SMILES string of the molecule is N=CCCC(=O)ON1C(=O)CCC1=O. The summed E-state index contributed by atoms with van der Waals surface area (Å²) in [5.41, 5.74) is 0. The summed E-state index contributed by atoms with van der Waals surface area (Å²) >= 11 is 0. The first-order chi connectivity index (χ1) is 6.65. The van der Waals surface area contributed by atoms with E-state index < -0.39 is 17.8 Å². The normalized spacial score (nSPS) is 15.9. The van der Waals surface area contributed by atoms with Gasteiger partial charge in [0.05, 0.1) is 6.42 Å². The third kappa shape index (κ3) is 2.38. The largest absolute Gasteiger partial charge is 0.333 e. The summed E-state index contributed by atoms with van der Waals surface area (Å²) in [6.07, 6.45) is 1.50. The van der Waals surface area contributed by atoms with E-state index in [9.17, 15) is 14.4 Å². The standard InChI is InChI=1S/C8H10N2O4/c9-5-1-2-8(13)14-10-6(11)3-4-7(10)12/h5,9H,1-4H2. The van der Waals surface area contributed by atoms with Crippen molar-refractivity contribution in [3.63, 3.8) is 0 Å². The number of rotatable bonds is 4. The number of imide groups is 1. The predicted octanol–water partition coefficient (Wildman–Crippen LogP) is 0.0234. The van der Waals surface area contributed by atoms with Gasteiger partial charge in [0, 0.05) is 12.8 Å². The van der Waals surface area contributed by atoms with Gasteiger partial charge in [-0.3, -0.25) is 9.59 Å². The van der Waals surface area contributed by atoms with Gasteiger partial charge in [-0.05, 0) is 12.6 Å². The van der Waals surface area contributed by atoms with E-state index in [4.69, 9.17) is 5.41 Å². The fourth-order valence-corrected chi connectivity index (χ4v) is 0.995. The summed E-state index contributed by atoms with van der Waals surface area (Å²) < 4.78 is 0. The number of carbonyl (C=O) groups is 3. The van der Waals surface area contributed by atoms with Gasteiger partial charge in [0.2, 0.25) is 0 Å². The fraction of sp³-hybridized carbons (Fsp3) is 0.500. The Kier molecular flexibility index (Phi) is 3.33. The molecule has 0 saturated carbocycles. The van der Waals surface area contributed by atoms with Crippen LogP contribution in [0.1, 0.15) is 25.7 Å². The zero-order valence-electron chi connectivity index (χ0n) is 7.49. The van der Waals surface area contributed by atoms with E-state index in [1.807, 2.05) is 0 Å². The van der Waals surface area contributed by atoms with Crippen LogP contribution in [-0.4, -0.2) is 29.1 Å². The van der Waals surface area contributed by atoms with E-state index in [0.717, 1.165) is 6.21 Å². The Hall–Kier alpha value is -1.72. The van der Waals surface area contributed by atoms with Crippen LogP contribution in [0.2, 0.25) is 0 Å². The minimum absolute atomic E-state index is 0.000556. The average Bonchev–Trinajstić information content (AvgIpc) is 2.46. The van der Waals surface area contributed by atoms with Crippen molar-refractivity contribution in [3.05, 3.63) is 0 Å². The highest BCUT2D eigenvalue weighted by molar-refractivity contribution is 6.01. The molecule has 0 aliphatic carbocycles. The number of hydrogen-bond acceptors (Lipinski definition) is 5. The van der Waals surface area contributed by atoms with E-state index >= 15 is 0 Å². The summed E-state index contributed by atoms with van der Waals surface area (Å²) in [5, 5.41) is 7.19. The lowest BCUT2D eigenvalue weighted by molar-refractivity contribution is -0.197. The van der Waals surface area contributed by atoms with Crippen LogP contribution in [0.5, 0.6) is 0 Å². The maximum atomic E-state index is 11.0. The lowest BCUT2D eigenvalue weighted by Gasteiger charge is -2.11. The Bertz CT molecular complexity index is 271. The molecule has 76 valence electrons. The van der Waals surface area contributed by atoms with Gasteiger partial charge in [-0.15, -0.1) is 5.06 Å². The molecule has 0 radical (unpaired) electrons. The summed E-state index contributed by atoms with van der Waals surface area (Å²) in [6, 6.07) is 0. The van der Waals surface area contributed by atoms with Crippen molar-refractivity contribution in [1.82, 2.24) is 5.06 Å². The molecule has 0 atom stereocenters. The number of carbonyl (C=O) groups excluding carboxylic acids is 3. The Morgan fingerprint density at radius 2 is 2.00 bits per heavy atom. The maximum absolute atomic E-state index is 11.0. The first-order valence-corrected chi connectivity index (χ1v) is 4.20. The van der Waals surface area contributed by atoms with Gasteiger partial charge in [0.15, 0.2) is 0 Å². The number of nitrogens with zero attached hydrogens (tertiary/aromatic N) is 1. The predicted molar refractivity (Wildman–Crippen MR) is 45.2 cm³/mol. The fourth-order valence-electron chi connectivity index (χ4n) is 0.995. The topological polar surface area (TPSA) is 87.5 Å². The monoisotopic (exact) mass is 198 g/mol. The molecule has 0 aromatic rings. The molecule has 0 aromatic carbocycles. The molecule has 0 aromatic heterocycles. The average molecular weight is 198 g/mol. The smallest absolute Gasteiger partial charge is 0.330 e. The molecule has 0 spiro atoms. The number of hydrogen-bond donors (Lipinski definition) is 1. The molecule has 1 saturated heterocycles. The lowest BCUT2D eigenvalue weighted by atomic mass is 10.3. The summed E-state index contributed by atoms with van der Waals surface area (Å²) in [4.78, 5) is 37.5. The third-order valence-corrected chi connectivity index (χ3v) is 1.69. The molecule has 1 heterocycles. The lowest BCUT2D eigenvalue weighted by Crippen LogP contribution is -2.31. The second-order valence-corrected chi connectivity index (χ2v) is 2.79. The van der Waals surface area contributed by atoms with E-state index in [-0.39, 0.29) is 25.7 Å². The molecule has 0 bridgehead atoms. The van der Waals surface area contributed by atoms with Gasteiger partial charge in [-0.2, -0.15) is 0 Å². The Labute approximate surface area is 80.3 Å². The first-order valence-electron chi connectivity index (χ1n) is 4.20. The summed E-state index contributed by atoms with van der Waals surface area (Å²) in [5.74, 6) is -1.64. The Morgan fingerprint density at radius 3 is 2.50 bits per heavy atom. The van der Waals surface area contributed by atoms with E-state index in [1.165, 1.54) is 0 Å². The van der Waals surface area contributed by atoms with E-state index in [2.05, 4.69) is 4.84 Å². The van der Waals surface area contributed by atoms with Gasteiger partial charge >= 0.3 is 5.97 Å². The second kappa shape index (κ2) is 4.50. The molecule has 1 fully saturated rings. The van der Waals surface area contributed by atoms with Gasteiger partial charge in [0.1, 0.15) is 0 Å². The molecule has 2 amide bonds. The highest BCUT2D eigenvalue weighted by Crippen LogP contribution is 2.12. The first kappa shape index (κ1) is 10.4. The number of amides is 2. The zero-order chi connectivity index (χ0) is 10.6. The third-order valence-electron chi connectivity index (χ3n) is 1.69. The van der Waals surface area contributed by atoms with Gasteiger partial charge in [-0.25, -0.2) is 4.79 Å². The van der Waals surface area contributed by atoms with Crippen molar-refractivity contribution in [3.8, 4) is 0 Å². The molecule has 6 heteroatoms. The highest BCUT2D eigenvalue weighted by Gasteiger charge is 2.32. The Balaban J connectivity index is 2.42. The van der Waals surface area contributed by atoms with Crippen LogP contribution in [0.15, 0.2) is 0 Å². The van der Waals surface area contributed by atoms with Crippen LogP contribution in [0, 0.1) is 5.41 Å².